The topological polar surface area (TPSA) is 94.9 Å². The molecule has 7 nitrogen and oxygen atoms in total. The van der Waals surface area contributed by atoms with Gasteiger partial charge in [0.25, 0.3) is 0 Å². The Balaban J connectivity index is 2.10. The second-order valence-electron chi connectivity index (χ2n) is 4.73. The third-order valence-corrected chi connectivity index (χ3v) is 4.54. The Morgan fingerprint density at radius 2 is 2.25 bits per heavy atom. The van der Waals surface area contributed by atoms with Gasteiger partial charge < -0.3 is 10.3 Å². The molecular formula is C12H19N5O2S. The Hall–Kier alpha value is -1.64. The monoisotopic (exact) mass is 297 g/mol. The fourth-order valence-corrected chi connectivity index (χ4v) is 3.31. The third-order valence-electron chi connectivity index (χ3n) is 2.98. The summed E-state index contributed by atoms with van der Waals surface area (Å²) in [4.78, 5) is 0.229. The molecule has 0 saturated carbocycles. The van der Waals surface area contributed by atoms with Gasteiger partial charge in [-0.2, -0.15) is 5.10 Å². The molecule has 0 aliphatic carbocycles. The molecule has 1 unspecified atom stereocenters. The van der Waals surface area contributed by atoms with Crippen LogP contribution in [-0.4, -0.2) is 28.8 Å². The standard InChI is InChI=1S/C12H19N5O2S/c1-10(8-17-5-3-4-14-17)15-20(18,19)12-6-11(7-13)16(2)9-12/h3-6,9-10,15H,7-8,13H2,1-2H3. The van der Waals surface area contributed by atoms with Gasteiger partial charge in [0.1, 0.15) is 0 Å². The molecule has 0 spiro atoms. The van der Waals surface area contributed by atoms with Crippen molar-refractivity contribution < 1.29 is 8.42 Å². The summed E-state index contributed by atoms with van der Waals surface area (Å²) in [5.74, 6) is 0. The maximum atomic E-state index is 12.3. The van der Waals surface area contributed by atoms with Crippen LogP contribution in [0.25, 0.3) is 0 Å². The van der Waals surface area contributed by atoms with Gasteiger partial charge in [0, 0.05) is 43.9 Å². The molecular weight excluding hydrogens is 278 g/mol. The number of nitrogens with one attached hydrogen (secondary N) is 1. The minimum Gasteiger partial charge on any atom is -0.352 e. The molecule has 1 atom stereocenters. The summed E-state index contributed by atoms with van der Waals surface area (Å²) in [5, 5.41) is 4.05. The van der Waals surface area contributed by atoms with Gasteiger partial charge in [-0.15, -0.1) is 0 Å². The van der Waals surface area contributed by atoms with Crippen LogP contribution in [0, 0.1) is 0 Å². The quantitative estimate of drug-likeness (QED) is 0.787. The predicted octanol–water partition coefficient (Wildman–Crippen LogP) is 0.0473. The van der Waals surface area contributed by atoms with Crippen LogP contribution in [0.3, 0.4) is 0 Å². The normalized spacial score (nSPS) is 13.6. The summed E-state index contributed by atoms with van der Waals surface area (Å²) in [5.41, 5.74) is 6.32. The average molecular weight is 297 g/mol. The molecule has 0 aliphatic heterocycles. The van der Waals surface area contributed by atoms with Crippen LogP contribution in [0.15, 0.2) is 35.6 Å². The van der Waals surface area contributed by atoms with Crippen LogP contribution in [0.2, 0.25) is 0 Å². The van der Waals surface area contributed by atoms with Gasteiger partial charge in [0.2, 0.25) is 10.0 Å². The smallest absolute Gasteiger partial charge is 0.242 e. The Morgan fingerprint density at radius 3 is 2.80 bits per heavy atom. The van der Waals surface area contributed by atoms with Gasteiger partial charge in [-0.1, -0.05) is 0 Å². The first-order valence-corrected chi connectivity index (χ1v) is 7.76. The van der Waals surface area contributed by atoms with Crippen molar-refractivity contribution in [1.82, 2.24) is 19.1 Å². The third kappa shape index (κ3) is 3.27. The lowest BCUT2D eigenvalue weighted by Gasteiger charge is -2.13. The summed E-state index contributed by atoms with van der Waals surface area (Å²) < 4.78 is 30.5. The van der Waals surface area contributed by atoms with Crippen molar-refractivity contribution in [2.24, 2.45) is 12.8 Å². The van der Waals surface area contributed by atoms with Crippen LogP contribution in [-0.2, 0) is 30.2 Å². The van der Waals surface area contributed by atoms with Crippen molar-refractivity contribution in [2.45, 2.75) is 31.0 Å². The minimum atomic E-state index is -3.54. The molecule has 8 heteroatoms. The van der Waals surface area contributed by atoms with E-state index in [1.165, 1.54) is 0 Å². The number of hydrogen-bond acceptors (Lipinski definition) is 4. The van der Waals surface area contributed by atoms with Gasteiger partial charge >= 0.3 is 0 Å². The molecule has 2 aromatic heterocycles. The van der Waals surface area contributed by atoms with Gasteiger partial charge in [0.05, 0.1) is 11.4 Å². The summed E-state index contributed by atoms with van der Waals surface area (Å²) in [6.45, 7) is 2.57. The first-order valence-electron chi connectivity index (χ1n) is 6.27. The fraction of sp³-hybridized carbons (Fsp3) is 0.417. The largest absolute Gasteiger partial charge is 0.352 e. The number of sulfonamides is 1. The van der Waals surface area contributed by atoms with E-state index in [0.29, 0.717) is 13.1 Å². The van der Waals surface area contributed by atoms with E-state index in [-0.39, 0.29) is 10.9 Å². The lowest BCUT2D eigenvalue weighted by atomic mass is 10.4. The summed E-state index contributed by atoms with van der Waals surface area (Å²) in [6, 6.07) is 3.12. The van der Waals surface area contributed by atoms with E-state index in [4.69, 9.17) is 5.73 Å². The highest BCUT2D eigenvalue weighted by Crippen LogP contribution is 2.13. The van der Waals surface area contributed by atoms with Crippen LogP contribution in [0.5, 0.6) is 0 Å². The Labute approximate surface area is 118 Å². The van der Waals surface area contributed by atoms with Crippen molar-refractivity contribution in [3.8, 4) is 0 Å². The average Bonchev–Trinajstić information content (AvgIpc) is 2.97. The molecule has 20 heavy (non-hydrogen) atoms. The molecule has 0 saturated heterocycles. The van der Waals surface area contributed by atoms with E-state index in [0.717, 1.165) is 5.69 Å². The van der Waals surface area contributed by atoms with Crippen molar-refractivity contribution in [3.63, 3.8) is 0 Å². The van der Waals surface area contributed by atoms with E-state index in [1.807, 2.05) is 0 Å². The second-order valence-corrected chi connectivity index (χ2v) is 6.45. The first-order chi connectivity index (χ1) is 9.42. The zero-order valence-electron chi connectivity index (χ0n) is 11.5. The maximum absolute atomic E-state index is 12.3. The van der Waals surface area contributed by atoms with Crippen LogP contribution in [0.1, 0.15) is 12.6 Å². The summed E-state index contributed by atoms with van der Waals surface area (Å²) in [7, 11) is -1.77. The van der Waals surface area contributed by atoms with E-state index >= 15 is 0 Å². The van der Waals surface area contributed by atoms with E-state index < -0.39 is 10.0 Å². The highest BCUT2D eigenvalue weighted by Gasteiger charge is 2.20. The molecule has 3 N–H and O–H groups in total. The zero-order valence-corrected chi connectivity index (χ0v) is 12.3. The molecule has 0 radical (unpaired) electrons. The van der Waals surface area contributed by atoms with Crippen molar-refractivity contribution in [3.05, 3.63) is 36.4 Å². The SMILES string of the molecule is CC(Cn1cccn1)NS(=O)(=O)c1cc(CN)n(C)c1. The van der Waals surface area contributed by atoms with Crippen molar-refractivity contribution >= 4 is 10.0 Å². The molecule has 110 valence electrons. The lowest BCUT2D eigenvalue weighted by Crippen LogP contribution is -2.35. The van der Waals surface area contributed by atoms with Crippen LogP contribution >= 0.6 is 0 Å². The predicted molar refractivity (Wildman–Crippen MR) is 75.3 cm³/mol. The van der Waals surface area contributed by atoms with Gasteiger partial charge in [-0.05, 0) is 19.1 Å². The molecule has 0 fully saturated rings. The Kier molecular flexibility index (Phi) is 4.26. The fourth-order valence-electron chi connectivity index (χ4n) is 1.99. The van der Waals surface area contributed by atoms with Crippen LogP contribution in [0.4, 0.5) is 0 Å². The lowest BCUT2D eigenvalue weighted by molar-refractivity contribution is 0.494. The number of nitrogens with two attached hydrogens (primary N) is 1. The first kappa shape index (κ1) is 14.8. The van der Waals surface area contributed by atoms with Crippen LogP contribution < -0.4 is 10.5 Å². The molecule has 0 bridgehead atoms. The highest BCUT2D eigenvalue weighted by atomic mass is 32.2. The Morgan fingerprint density at radius 1 is 1.50 bits per heavy atom. The Bertz CT molecular complexity index is 660. The minimum absolute atomic E-state index is 0.229. The molecule has 2 aromatic rings. The zero-order chi connectivity index (χ0) is 14.8. The van der Waals surface area contributed by atoms with E-state index in [9.17, 15) is 8.42 Å². The summed E-state index contributed by atoms with van der Waals surface area (Å²) >= 11 is 0. The number of hydrogen-bond donors (Lipinski definition) is 2. The van der Waals surface area contributed by atoms with Gasteiger partial charge in [-0.3, -0.25) is 4.68 Å². The maximum Gasteiger partial charge on any atom is 0.242 e. The van der Waals surface area contributed by atoms with Crippen molar-refractivity contribution in [1.29, 1.82) is 0 Å². The molecule has 2 heterocycles. The van der Waals surface area contributed by atoms with Crippen molar-refractivity contribution in [2.75, 3.05) is 0 Å². The van der Waals surface area contributed by atoms with E-state index in [1.54, 1.807) is 53.9 Å². The number of rotatable bonds is 6. The molecule has 2 rings (SSSR count). The molecule has 0 aromatic carbocycles. The highest BCUT2D eigenvalue weighted by molar-refractivity contribution is 7.89. The van der Waals surface area contributed by atoms with E-state index in [2.05, 4.69) is 9.82 Å². The molecule has 0 aliphatic rings. The number of aryl methyl sites for hydroxylation is 1. The molecule has 0 amide bonds. The number of aromatic nitrogens is 3. The van der Waals surface area contributed by atoms with Gasteiger partial charge in [-0.25, -0.2) is 13.1 Å². The second kappa shape index (κ2) is 5.78. The number of nitrogens with zero attached hydrogens (tertiary/aromatic N) is 3. The summed E-state index contributed by atoms with van der Waals surface area (Å²) in [6.07, 6.45) is 5.01. The van der Waals surface area contributed by atoms with Gasteiger partial charge in [0.15, 0.2) is 0 Å².